The number of hydrogen-bond acceptors (Lipinski definition) is 1. The van der Waals surface area contributed by atoms with Crippen molar-refractivity contribution in [3.63, 3.8) is 0 Å². The summed E-state index contributed by atoms with van der Waals surface area (Å²) >= 11 is 0. The van der Waals surface area contributed by atoms with Crippen LogP contribution in [0, 0.1) is 20.8 Å². The molecular weight excluding hydrogens is 328 g/mol. The Labute approximate surface area is 165 Å². The van der Waals surface area contributed by atoms with Gasteiger partial charge in [-0.1, -0.05) is 50.5 Å². The molecule has 3 rings (SSSR count). The predicted octanol–water partition coefficient (Wildman–Crippen LogP) is 6.80. The SMILES string of the molecule is CCC=C(CCC)c1c2c(nn1C)C(c1c(C)cc(C)cc1C)CCCC2. The third-order valence-electron chi connectivity index (χ3n) is 6.04. The summed E-state index contributed by atoms with van der Waals surface area (Å²) in [7, 11) is 2.15. The normalized spacial score (nSPS) is 17.7. The number of benzene rings is 1. The van der Waals surface area contributed by atoms with Crippen LogP contribution in [0.15, 0.2) is 18.2 Å². The van der Waals surface area contributed by atoms with Gasteiger partial charge in [-0.3, -0.25) is 4.68 Å². The predicted molar refractivity (Wildman–Crippen MR) is 116 cm³/mol. The lowest BCUT2D eigenvalue weighted by Gasteiger charge is -2.20. The van der Waals surface area contributed by atoms with E-state index in [1.807, 2.05) is 0 Å². The Morgan fingerprint density at radius 3 is 2.48 bits per heavy atom. The van der Waals surface area contributed by atoms with E-state index in [-0.39, 0.29) is 0 Å². The minimum atomic E-state index is 0.438. The zero-order chi connectivity index (χ0) is 19.6. The van der Waals surface area contributed by atoms with E-state index >= 15 is 0 Å². The van der Waals surface area contributed by atoms with Crippen LogP contribution < -0.4 is 0 Å². The van der Waals surface area contributed by atoms with Crippen LogP contribution >= 0.6 is 0 Å². The molecule has 1 aliphatic carbocycles. The van der Waals surface area contributed by atoms with E-state index in [2.05, 4.69) is 64.6 Å². The molecule has 146 valence electrons. The number of allylic oxidation sites excluding steroid dienone is 2. The Hall–Kier alpha value is -1.83. The van der Waals surface area contributed by atoms with Gasteiger partial charge in [0.2, 0.25) is 0 Å². The number of fused-ring (bicyclic) bond motifs is 1. The highest BCUT2D eigenvalue weighted by atomic mass is 15.3. The van der Waals surface area contributed by atoms with Gasteiger partial charge < -0.3 is 0 Å². The second-order valence-electron chi connectivity index (χ2n) is 8.33. The zero-order valence-electron chi connectivity index (χ0n) is 18.2. The minimum Gasteiger partial charge on any atom is -0.268 e. The third kappa shape index (κ3) is 3.90. The highest BCUT2D eigenvalue weighted by molar-refractivity contribution is 5.67. The molecule has 0 saturated carbocycles. The van der Waals surface area contributed by atoms with Crippen molar-refractivity contribution in [1.29, 1.82) is 0 Å². The highest BCUT2D eigenvalue weighted by Gasteiger charge is 2.29. The zero-order valence-corrected chi connectivity index (χ0v) is 18.2. The molecule has 0 fully saturated rings. The fourth-order valence-electron chi connectivity index (χ4n) is 5.16. The van der Waals surface area contributed by atoms with Crippen molar-refractivity contribution in [2.45, 2.75) is 85.5 Å². The monoisotopic (exact) mass is 364 g/mol. The summed E-state index contributed by atoms with van der Waals surface area (Å²) in [5.74, 6) is 0.438. The first-order valence-corrected chi connectivity index (χ1v) is 10.8. The van der Waals surface area contributed by atoms with Crippen molar-refractivity contribution in [2.75, 3.05) is 0 Å². The number of hydrogen-bond donors (Lipinski definition) is 0. The average molecular weight is 365 g/mol. The van der Waals surface area contributed by atoms with Crippen molar-refractivity contribution >= 4 is 5.57 Å². The molecule has 2 nitrogen and oxygen atoms in total. The van der Waals surface area contributed by atoms with Gasteiger partial charge in [0.15, 0.2) is 0 Å². The van der Waals surface area contributed by atoms with E-state index in [1.54, 1.807) is 0 Å². The quantitative estimate of drug-likeness (QED) is 0.534. The molecule has 0 N–H and O–H groups in total. The summed E-state index contributed by atoms with van der Waals surface area (Å²) < 4.78 is 2.18. The van der Waals surface area contributed by atoms with Gasteiger partial charge in [-0.05, 0) is 75.1 Å². The van der Waals surface area contributed by atoms with Crippen LogP contribution in [0.2, 0.25) is 0 Å². The number of aryl methyl sites for hydroxylation is 4. The average Bonchev–Trinajstić information content (AvgIpc) is 2.79. The molecule has 1 atom stereocenters. The molecule has 0 spiro atoms. The standard InChI is InChI=1S/C25H36N2/c1-7-11-20(12-8-2)25-22-14-10-9-13-21(24(22)26-27(25)6)23-18(4)15-17(3)16-19(23)5/h11,15-16,21H,7-10,12-14H2,1-6H3. The Morgan fingerprint density at radius 1 is 1.15 bits per heavy atom. The molecule has 1 unspecified atom stereocenters. The van der Waals surface area contributed by atoms with Crippen molar-refractivity contribution in [3.05, 3.63) is 57.4 Å². The molecule has 2 aromatic rings. The van der Waals surface area contributed by atoms with Gasteiger partial charge in [0.05, 0.1) is 11.4 Å². The number of aromatic nitrogens is 2. The lowest BCUT2D eigenvalue weighted by molar-refractivity contribution is 0.621. The fourth-order valence-corrected chi connectivity index (χ4v) is 5.16. The Morgan fingerprint density at radius 2 is 1.85 bits per heavy atom. The van der Waals surface area contributed by atoms with Crippen LogP contribution in [-0.2, 0) is 13.5 Å². The molecule has 1 aromatic carbocycles. The van der Waals surface area contributed by atoms with Crippen molar-refractivity contribution in [1.82, 2.24) is 9.78 Å². The van der Waals surface area contributed by atoms with Crippen molar-refractivity contribution < 1.29 is 0 Å². The smallest absolute Gasteiger partial charge is 0.0737 e. The van der Waals surface area contributed by atoms with Crippen LogP contribution in [0.25, 0.3) is 5.57 Å². The molecule has 1 aromatic heterocycles. The third-order valence-corrected chi connectivity index (χ3v) is 6.04. The highest BCUT2D eigenvalue weighted by Crippen LogP contribution is 2.41. The Bertz CT molecular complexity index is 815. The fraction of sp³-hybridized carbons (Fsp3) is 0.560. The second kappa shape index (κ2) is 8.46. The maximum atomic E-state index is 5.13. The molecule has 0 bridgehead atoms. The molecule has 1 aliphatic rings. The minimum absolute atomic E-state index is 0.438. The van der Waals surface area contributed by atoms with Crippen molar-refractivity contribution in [2.24, 2.45) is 7.05 Å². The lowest BCUT2D eigenvalue weighted by Crippen LogP contribution is -2.08. The summed E-state index contributed by atoms with van der Waals surface area (Å²) in [4.78, 5) is 0. The molecule has 0 amide bonds. The first kappa shape index (κ1) is 19.9. The van der Waals surface area contributed by atoms with Gasteiger partial charge in [-0.2, -0.15) is 5.10 Å². The molecule has 0 saturated heterocycles. The van der Waals surface area contributed by atoms with Crippen LogP contribution in [0.1, 0.15) is 97.5 Å². The molecular formula is C25H36N2. The van der Waals surface area contributed by atoms with Gasteiger partial charge in [0.25, 0.3) is 0 Å². The van der Waals surface area contributed by atoms with Crippen LogP contribution in [-0.4, -0.2) is 9.78 Å². The van der Waals surface area contributed by atoms with Crippen LogP contribution in [0.5, 0.6) is 0 Å². The first-order valence-electron chi connectivity index (χ1n) is 10.8. The van der Waals surface area contributed by atoms with E-state index < -0.39 is 0 Å². The van der Waals surface area contributed by atoms with Gasteiger partial charge in [0, 0.05) is 18.5 Å². The van der Waals surface area contributed by atoms with E-state index in [4.69, 9.17) is 5.10 Å². The molecule has 0 radical (unpaired) electrons. The summed E-state index contributed by atoms with van der Waals surface area (Å²) in [5, 5.41) is 5.13. The summed E-state index contributed by atoms with van der Waals surface area (Å²) in [6, 6.07) is 4.69. The maximum absolute atomic E-state index is 5.13. The molecule has 2 heteroatoms. The van der Waals surface area contributed by atoms with E-state index in [0.29, 0.717) is 5.92 Å². The number of rotatable bonds is 5. The van der Waals surface area contributed by atoms with Gasteiger partial charge in [-0.25, -0.2) is 0 Å². The molecule has 27 heavy (non-hydrogen) atoms. The van der Waals surface area contributed by atoms with Crippen LogP contribution in [0.4, 0.5) is 0 Å². The first-order chi connectivity index (χ1) is 13.0. The molecule has 0 aliphatic heterocycles. The van der Waals surface area contributed by atoms with Gasteiger partial charge in [-0.15, -0.1) is 0 Å². The van der Waals surface area contributed by atoms with Crippen LogP contribution in [0.3, 0.4) is 0 Å². The van der Waals surface area contributed by atoms with E-state index in [9.17, 15) is 0 Å². The maximum Gasteiger partial charge on any atom is 0.0737 e. The Balaban J connectivity index is 2.17. The topological polar surface area (TPSA) is 17.8 Å². The summed E-state index contributed by atoms with van der Waals surface area (Å²) in [6.45, 7) is 11.3. The Kier molecular flexibility index (Phi) is 6.24. The summed E-state index contributed by atoms with van der Waals surface area (Å²) in [5.41, 5.74) is 11.5. The number of nitrogens with zero attached hydrogens (tertiary/aromatic N) is 2. The lowest BCUT2D eigenvalue weighted by atomic mass is 9.84. The summed E-state index contributed by atoms with van der Waals surface area (Å²) in [6.07, 6.45) is 10.8. The van der Waals surface area contributed by atoms with E-state index in [1.165, 1.54) is 76.9 Å². The second-order valence-corrected chi connectivity index (χ2v) is 8.33. The van der Waals surface area contributed by atoms with E-state index in [0.717, 1.165) is 12.8 Å². The van der Waals surface area contributed by atoms with Gasteiger partial charge >= 0.3 is 0 Å². The van der Waals surface area contributed by atoms with Crippen molar-refractivity contribution in [3.8, 4) is 0 Å². The van der Waals surface area contributed by atoms with Gasteiger partial charge in [0.1, 0.15) is 0 Å². The molecule has 1 heterocycles. The largest absolute Gasteiger partial charge is 0.268 e.